The highest BCUT2D eigenvalue weighted by Crippen LogP contribution is 2.38. The maximum atomic E-state index is 13.7. The Morgan fingerprint density at radius 2 is 2.24 bits per heavy atom. The molecule has 1 aromatic carbocycles. The highest BCUT2D eigenvalue weighted by atomic mass is 19.1. The van der Waals surface area contributed by atoms with E-state index in [9.17, 15) is 9.18 Å². The van der Waals surface area contributed by atoms with E-state index in [2.05, 4.69) is 10.1 Å². The third-order valence-corrected chi connectivity index (χ3v) is 3.38. The van der Waals surface area contributed by atoms with Gasteiger partial charge in [-0.2, -0.15) is 4.98 Å². The number of hydrogen-bond acceptors (Lipinski definition) is 5. The molecule has 6 heteroatoms. The summed E-state index contributed by atoms with van der Waals surface area (Å²) in [4.78, 5) is 15.5. The first-order valence-electron chi connectivity index (χ1n) is 6.85. The molecule has 0 aliphatic heterocycles. The molecule has 1 aromatic heterocycles. The standard InChI is InChI=1S/C15H15FN2O3/c1-8(19)12-6-5-11(7-13(12)16)20-9(2)15-17-14(18-21-15)10-3-4-10/h5-7,9-10H,3-4H2,1-2H3/t9-/m0/s1. The molecule has 0 spiro atoms. The first-order valence-corrected chi connectivity index (χ1v) is 6.85. The van der Waals surface area contributed by atoms with Crippen molar-refractivity contribution < 1.29 is 18.4 Å². The molecule has 0 saturated heterocycles. The van der Waals surface area contributed by atoms with Crippen LogP contribution in [0.1, 0.15) is 60.8 Å². The highest BCUT2D eigenvalue weighted by Gasteiger charge is 2.30. The van der Waals surface area contributed by atoms with Gasteiger partial charge in [0.2, 0.25) is 0 Å². The van der Waals surface area contributed by atoms with E-state index in [1.807, 2.05) is 0 Å². The Labute approximate surface area is 121 Å². The predicted molar refractivity (Wildman–Crippen MR) is 71.7 cm³/mol. The van der Waals surface area contributed by atoms with Crippen molar-refractivity contribution in [3.63, 3.8) is 0 Å². The van der Waals surface area contributed by atoms with E-state index in [0.29, 0.717) is 23.4 Å². The number of rotatable bonds is 5. The molecule has 1 aliphatic carbocycles. The molecule has 1 aliphatic rings. The Balaban J connectivity index is 1.72. The molecule has 0 amide bonds. The number of ether oxygens (including phenoxy) is 1. The van der Waals surface area contributed by atoms with Crippen LogP contribution in [0.15, 0.2) is 22.7 Å². The second-order valence-corrected chi connectivity index (χ2v) is 5.22. The minimum Gasteiger partial charge on any atom is -0.481 e. The Bertz CT molecular complexity index is 679. The number of Topliss-reactive ketones (excluding diaryl/α,β-unsaturated/α-hetero) is 1. The molecule has 21 heavy (non-hydrogen) atoms. The van der Waals surface area contributed by atoms with Crippen molar-refractivity contribution in [1.29, 1.82) is 0 Å². The summed E-state index contributed by atoms with van der Waals surface area (Å²) in [5.74, 6) is 0.874. The van der Waals surface area contributed by atoms with Crippen LogP contribution in [0, 0.1) is 5.82 Å². The smallest absolute Gasteiger partial charge is 0.267 e. The van der Waals surface area contributed by atoms with Crippen molar-refractivity contribution >= 4 is 5.78 Å². The zero-order valence-corrected chi connectivity index (χ0v) is 11.8. The largest absolute Gasteiger partial charge is 0.481 e. The van der Waals surface area contributed by atoms with Crippen molar-refractivity contribution in [2.45, 2.75) is 38.7 Å². The molecule has 1 heterocycles. The van der Waals surface area contributed by atoms with Gasteiger partial charge in [-0.15, -0.1) is 0 Å². The zero-order valence-electron chi connectivity index (χ0n) is 11.8. The number of nitrogens with zero attached hydrogens (tertiary/aromatic N) is 2. The SMILES string of the molecule is CC(=O)c1ccc(O[C@@H](C)c2nc(C3CC3)no2)cc1F. The van der Waals surface area contributed by atoms with E-state index in [1.54, 1.807) is 13.0 Å². The summed E-state index contributed by atoms with van der Waals surface area (Å²) in [6.07, 6.45) is 1.70. The number of carbonyl (C=O) groups is 1. The van der Waals surface area contributed by atoms with Crippen LogP contribution in [0.4, 0.5) is 4.39 Å². The molecule has 3 rings (SSSR count). The van der Waals surface area contributed by atoms with Crippen molar-refractivity contribution in [2.75, 3.05) is 0 Å². The summed E-state index contributed by atoms with van der Waals surface area (Å²) in [6.45, 7) is 3.07. The lowest BCUT2D eigenvalue weighted by molar-refractivity contribution is 0.101. The van der Waals surface area contributed by atoms with Crippen molar-refractivity contribution in [1.82, 2.24) is 10.1 Å². The number of halogens is 1. The van der Waals surface area contributed by atoms with Gasteiger partial charge in [-0.3, -0.25) is 4.79 Å². The molecule has 0 unspecified atom stereocenters. The molecule has 5 nitrogen and oxygen atoms in total. The average molecular weight is 290 g/mol. The monoisotopic (exact) mass is 290 g/mol. The van der Waals surface area contributed by atoms with Crippen molar-refractivity contribution in [3.05, 3.63) is 41.3 Å². The average Bonchev–Trinajstić information content (AvgIpc) is 3.16. The number of ketones is 1. The number of carbonyl (C=O) groups excluding carboxylic acids is 1. The van der Waals surface area contributed by atoms with Gasteiger partial charge >= 0.3 is 0 Å². The van der Waals surface area contributed by atoms with Gasteiger partial charge in [-0.25, -0.2) is 4.39 Å². The van der Waals surface area contributed by atoms with Gasteiger partial charge < -0.3 is 9.26 Å². The van der Waals surface area contributed by atoms with Crippen molar-refractivity contribution in [3.8, 4) is 5.75 Å². The molecule has 1 saturated carbocycles. The van der Waals surface area contributed by atoms with Crippen LogP contribution in [0.5, 0.6) is 5.75 Å². The summed E-state index contributed by atoms with van der Waals surface area (Å²) >= 11 is 0. The molecule has 1 atom stereocenters. The van der Waals surface area contributed by atoms with Crippen LogP contribution in [-0.4, -0.2) is 15.9 Å². The topological polar surface area (TPSA) is 65.2 Å². The Morgan fingerprint density at radius 3 is 2.86 bits per heavy atom. The highest BCUT2D eigenvalue weighted by molar-refractivity contribution is 5.94. The molecular weight excluding hydrogens is 275 g/mol. The fourth-order valence-corrected chi connectivity index (χ4v) is 2.03. The van der Waals surface area contributed by atoms with E-state index in [1.165, 1.54) is 19.1 Å². The van der Waals surface area contributed by atoms with Crippen LogP contribution in [0.25, 0.3) is 0 Å². The Morgan fingerprint density at radius 1 is 1.48 bits per heavy atom. The van der Waals surface area contributed by atoms with Crippen LogP contribution in [-0.2, 0) is 0 Å². The third kappa shape index (κ3) is 2.94. The van der Waals surface area contributed by atoms with Gasteiger partial charge in [0.15, 0.2) is 17.7 Å². The van der Waals surface area contributed by atoms with E-state index in [0.717, 1.165) is 12.8 Å². The lowest BCUT2D eigenvalue weighted by Crippen LogP contribution is -2.05. The Kier molecular flexibility index (Phi) is 3.45. The first-order chi connectivity index (χ1) is 10.0. The molecule has 0 N–H and O–H groups in total. The number of hydrogen-bond donors (Lipinski definition) is 0. The predicted octanol–water partition coefficient (Wildman–Crippen LogP) is 3.43. The van der Waals surface area contributed by atoms with Gasteiger partial charge in [-0.1, -0.05) is 5.16 Å². The summed E-state index contributed by atoms with van der Waals surface area (Å²) in [5, 5.41) is 3.91. The first kappa shape index (κ1) is 13.7. The second-order valence-electron chi connectivity index (χ2n) is 5.22. The van der Waals surface area contributed by atoms with Crippen LogP contribution >= 0.6 is 0 Å². The maximum Gasteiger partial charge on any atom is 0.267 e. The van der Waals surface area contributed by atoms with Crippen molar-refractivity contribution in [2.24, 2.45) is 0 Å². The summed E-state index contributed by atoms with van der Waals surface area (Å²) in [5.41, 5.74) is 0.0452. The number of aromatic nitrogens is 2. The number of benzene rings is 1. The van der Waals surface area contributed by atoms with Crippen LogP contribution < -0.4 is 4.74 Å². The molecule has 1 fully saturated rings. The normalized spacial score (nSPS) is 15.8. The molecule has 0 bridgehead atoms. The van der Waals surface area contributed by atoms with E-state index in [-0.39, 0.29) is 11.3 Å². The van der Waals surface area contributed by atoms with Crippen LogP contribution in [0.3, 0.4) is 0 Å². The van der Waals surface area contributed by atoms with E-state index < -0.39 is 11.9 Å². The maximum absolute atomic E-state index is 13.7. The quantitative estimate of drug-likeness (QED) is 0.789. The van der Waals surface area contributed by atoms with E-state index in [4.69, 9.17) is 9.26 Å². The lowest BCUT2D eigenvalue weighted by atomic mass is 10.1. The second kappa shape index (κ2) is 5.27. The fourth-order valence-electron chi connectivity index (χ4n) is 2.03. The molecule has 0 radical (unpaired) electrons. The van der Waals surface area contributed by atoms with Gasteiger partial charge in [0.05, 0.1) is 5.56 Å². The Hall–Kier alpha value is -2.24. The lowest BCUT2D eigenvalue weighted by Gasteiger charge is -2.11. The van der Waals surface area contributed by atoms with Gasteiger partial charge in [0.25, 0.3) is 5.89 Å². The fraction of sp³-hybridized carbons (Fsp3) is 0.400. The minimum absolute atomic E-state index is 0.0452. The summed E-state index contributed by atoms with van der Waals surface area (Å²) in [7, 11) is 0. The summed E-state index contributed by atoms with van der Waals surface area (Å²) in [6, 6.07) is 4.14. The third-order valence-electron chi connectivity index (χ3n) is 3.38. The van der Waals surface area contributed by atoms with Crippen LogP contribution in [0.2, 0.25) is 0 Å². The van der Waals surface area contributed by atoms with Gasteiger partial charge in [-0.05, 0) is 38.8 Å². The van der Waals surface area contributed by atoms with Gasteiger partial charge in [0.1, 0.15) is 11.6 Å². The molecule has 2 aromatic rings. The minimum atomic E-state index is -0.601. The summed E-state index contributed by atoms with van der Waals surface area (Å²) < 4.78 is 24.5. The van der Waals surface area contributed by atoms with E-state index >= 15 is 0 Å². The van der Waals surface area contributed by atoms with Gasteiger partial charge in [0, 0.05) is 12.0 Å². The molecular formula is C15H15FN2O3. The molecule has 110 valence electrons. The zero-order chi connectivity index (χ0) is 15.0.